The highest BCUT2D eigenvalue weighted by molar-refractivity contribution is 7.81. The van der Waals surface area contributed by atoms with Gasteiger partial charge in [0.2, 0.25) is 35.4 Å². The number of aliphatic hydroxyl groups is 8. The molecule has 20 unspecified atom stereocenters. The number of hydrogen-bond donors (Lipinski definition) is 18. The van der Waals surface area contributed by atoms with Gasteiger partial charge in [0, 0.05) is 78.9 Å². The van der Waals surface area contributed by atoms with Crippen LogP contribution in [0, 0.1) is 0 Å². The molecule has 0 radical (unpaired) electrons. The monoisotopic (exact) mass is 1630 g/mol. The lowest BCUT2D eigenvalue weighted by Gasteiger charge is -2.46. The van der Waals surface area contributed by atoms with E-state index >= 15 is 0 Å². The van der Waals surface area contributed by atoms with Crippen LogP contribution in [0.15, 0.2) is 0 Å². The van der Waals surface area contributed by atoms with Crippen LogP contribution in [0.4, 0.5) is 0 Å². The van der Waals surface area contributed by atoms with Gasteiger partial charge in [0.1, 0.15) is 85.3 Å². The SMILES string of the molecule is CC(=O)NC1C(OC2C(C(=O)O)OC(OCCCCCCNC(=O)CCCCCCCNC(=O)CCCCCCCCCCC(=O)NCCCCCCCC(=O)NCCCCCCOC3OC(C(=O)O)C(OC4OC(COS(=O)(=O)O)C(O)C(O)C4NC(C)=O)C(O)C3O)C(O)C2O)OC(COS(=O)(=O)O)C(O)C1O. The van der Waals surface area contributed by atoms with Crippen LogP contribution in [0.1, 0.15) is 206 Å². The zero-order valence-corrected chi connectivity index (χ0v) is 64.2. The van der Waals surface area contributed by atoms with Gasteiger partial charge in [-0.05, 0) is 64.2 Å². The minimum absolute atomic E-state index is 0.00522. The second-order valence-electron chi connectivity index (χ2n) is 27.9. The second kappa shape index (κ2) is 52.4. The minimum atomic E-state index is -5.04. The molecule has 4 rings (SSSR count). The lowest BCUT2D eigenvalue weighted by molar-refractivity contribution is -0.340. The van der Waals surface area contributed by atoms with Gasteiger partial charge in [-0.25, -0.2) is 18.0 Å². The zero-order valence-electron chi connectivity index (χ0n) is 62.6. The van der Waals surface area contributed by atoms with E-state index in [1.807, 2.05) is 0 Å². The van der Waals surface area contributed by atoms with E-state index in [0.717, 1.165) is 129 Å². The van der Waals surface area contributed by atoms with Crippen LogP contribution in [0.2, 0.25) is 0 Å². The van der Waals surface area contributed by atoms with Crippen molar-refractivity contribution in [3.8, 4) is 0 Å². The summed E-state index contributed by atoms with van der Waals surface area (Å²) in [5.74, 6) is -4.83. The Bertz CT molecular complexity index is 2780. The molecule has 40 nitrogen and oxygen atoms in total. The molecule has 0 spiro atoms. The van der Waals surface area contributed by atoms with Crippen molar-refractivity contribution in [3.63, 3.8) is 0 Å². The average Bonchev–Trinajstić information content (AvgIpc) is 0.782. The van der Waals surface area contributed by atoms with E-state index in [-0.39, 0.29) is 36.8 Å². The molecular weight excluding hydrogens is 1510 g/mol. The molecule has 0 bridgehead atoms. The summed E-state index contributed by atoms with van der Waals surface area (Å²) >= 11 is 0. The van der Waals surface area contributed by atoms with Crippen LogP contribution >= 0.6 is 0 Å². The van der Waals surface area contributed by atoms with Crippen LogP contribution in [-0.2, 0) is 105 Å². The molecule has 638 valence electrons. The van der Waals surface area contributed by atoms with Crippen LogP contribution < -0.4 is 31.9 Å². The standard InChI is InChI=1S/C68H120N6O34S2/c1-41(75)73-49-53(83)51(81)43(39-101-109(93,94)95)103-65(49)105-59-55(85)57(87)67(107-61(59)63(89)90)99-37-27-17-15-25-35-71-47(79)31-21-11-7-13-23-33-69-45(77)29-19-9-5-3-4-6-10-20-30-46(78)70-34-24-14-8-12-22-32-48(80)72-36-26-16-18-28-38-100-68-58(88)56(86)60(62(108-68)64(91)92)106-66-50(74-42(2)76)54(84)52(82)44(104-66)40-102-110(96,97)98/h43-44,49-62,65-68,81-88H,3-40H2,1-2H3,(H,69,77)(H,70,78)(H,71,79)(H,72,80)(H,73,75)(H,74,76)(H,89,90)(H,91,92)(H,93,94,95)(H,96,97,98). The van der Waals surface area contributed by atoms with Gasteiger partial charge in [-0.2, -0.15) is 16.8 Å². The van der Waals surface area contributed by atoms with Crippen molar-refractivity contribution in [3.05, 3.63) is 0 Å². The lowest BCUT2D eigenvalue weighted by atomic mass is 9.95. The number of carboxylic acids is 2. The summed E-state index contributed by atoms with van der Waals surface area (Å²) in [6.45, 7) is 2.15. The summed E-state index contributed by atoms with van der Waals surface area (Å²) in [5.41, 5.74) is 0. The molecule has 4 fully saturated rings. The van der Waals surface area contributed by atoms with E-state index in [2.05, 4.69) is 40.3 Å². The van der Waals surface area contributed by atoms with Gasteiger partial charge in [0.25, 0.3) is 0 Å². The van der Waals surface area contributed by atoms with Crippen molar-refractivity contribution in [2.24, 2.45) is 0 Å². The fourth-order valence-corrected chi connectivity index (χ4v) is 13.4. The van der Waals surface area contributed by atoms with Crippen molar-refractivity contribution >= 4 is 68.2 Å². The normalized spacial score (nSPS) is 28.5. The van der Waals surface area contributed by atoms with E-state index in [1.54, 1.807) is 0 Å². The fraction of sp³-hybridized carbons (Fsp3) is 0.882. The molecule has 6 amide bonds. The molecule has 110 heavy (non-hydrogen) atoms. The Morgan fingerprint density at radius 1 is 0.336 bits per heavy atom. The first-order valence-electron chi connectivity index (χ1n) is 38.1. The Balaban J connectivity index is 0.878. The van der Waals surface area contributed by atoms with Gasteiger partial charge in [-0.3, -0.25) is 37.9 Å². The van der Waals surface area contributed by atoms with Crippen molar-refractivity contribution in [2.75, 3.05) is 52.6 Å². The molecule has 0 aromatic carbocycles. The molecule has 0 aliphatic carbocycles. The smallest absolute Gasteiger partial charge is 0.397 e. The molecule has 4 heterocycles. The van der Waals surface area contributed by atoms with Gasteiger partial charge >= 0.3 is 32.7 Å². The maximum atomic E-state index is 12.4. The number of aliphatic hydroxyl groups excluding tert-OH is 8. The van der Waals surface area contributed by atoms with Crippen molar-refractivity contribution in [1.82, 2.24) is 31.9 Å². The van der Waals surface area contributed by atoms with E-state index in [4.69, 9.17) is 47.0 Å². The van der Waals surface area contributed by atoms with Crippen LogP contribution in [0.3, 0.4) is 0 Å². The molecule has 4 aliphatic rings. The molecule has 0 saturated carbocycles. The Morgan fingerprint density at radius 2 is 0.600 bits per heavy atom. The number of unbranched alkanes of at least 4 members (excludes halogenated alkanes) is 21. The van der Waals surface area contributed by atoms with Gasteiger partial charge in [-0.15, -0.1) is 0 Å². The molecule has 0 aromatic rings. The molecule has 20 atom stereocenters. The van der Waals surface area contributed by atoms with E-state index in [1.165, 1.54) is 0 Å². The first kappa shape index (κ1) is 97.2. The first-order chi connectivity index (χ1) is 52.2. The quantitative estimate of drug-likeness (QED) is 0.0245. The number of carboxylic acid groups (broad SMARTS) is 2. The highest BCUT2D eigenvalue weighted by Crippen LogP contribution is 2.33. The molecule has 42 heteroatoms. The van der Waals surface area contributed by atoms with E-state index < -0.39 is 180 Å². The van der Waals surface area contributed by atoms with Gasteiger partial charge in [-0.1, -0.05) is 103 Å². The Hall–Kier alpha value is -5.14. The van der Waals surface area contributed by atoms with E-state index in [0.29, 0.717) is 103 Å². The predicted octanol–water partition coefficient (Wildman–Crippen LogP) is -1.44. The lowest BCUT2D eigenvalue weighted by Crippen LogP contribution is -2.68. The Kier molecular flexibility index (Phi) is 46.3. The van der Waals surface area contributed by atoms with Crippen molar-refractivity contribution in [2.45, 2.75) is 329 Å². The van der Waals surface area contributed by atoms with Crippen LogP contribution in [-0.4, -0.2) is 300 Å². The molecule has 18 N–H and O–H groups in total. The minimum Gasteiger partial charge on any atom is -0.479 e. The number of rotatable bonds is 57. The number of carbonyl (C=O) groups excluding carboxylic acids is 6. The summed E-state index contributed by atoms with van der Waals surface area (Å²) in [5, 5.41) is 122. The summed E-state index contributed by atoms with van der Waals surface area (Å²) in [4.78, 5) is 97.8. The zero-order chi connectivity index (χ0) is 81.3. The molecule has 0 aromatic heterocycles. The van der Waals surface area contributed by atoms with Gasteiger partial charge in [0.05, 0.1) is 13.2 Å². The largest absolute Gasteiger partial charge is 0.479 e. The number of nitrogens with one attached hydrogen (secondary N) is 6. The Labute approximate surface area is 641 Å². The topological polar surface area (TPSA) is 612 Å². The maximum absolute atomic E-state index is 12.4. The number of aliphatic carboxylic acids is 2. The predicted molar refractivity (Wildman–Crippen MR) is 380 cm³/mol. The highest BCUT2D eigenvalue weighted by Gasteiger charge is 2.56. The average molecular weight is 1630 g/mol. The number of carbonyl (C=O) groups is 8. The molecule has 4 saturated heterocycles. The number of ether oxygens (including phenoxy) is 8. The summed E-state index contributed by atoms with van der Waals surface area (Å²) in [6.07, 6.45) is -10.3. The second-order valence-corrected chi connectivity index (χ2v) is 30.1. The van der Waals surface area contributed by atoms with Crippen LogP contribution in [0.25, 0.3) is 0 Å². The van der Waals surface area contributed by atoms with Gasteiger partial charge in [0.15, 0.2) is 37.4 Å². The first-order valence-corrected chi connectivity index (χ1v) is 40.8. The maximum Gasteiger partial charge on any atom is 0.397 e. The molecular formula is C68H120N6O34S2. The third kappa shape index (κ3) is 37.9. The van der Waals surface area contributed by atoms with Crippen molar-refractivity contribution in [1.29, 1.82) is 0 Å². The molecule has 4 aliphatic heterocycles. The number of hydrogen-bond acceptors (Lipinski definition) is 30. The third-order valence-electron chi connectivity index (χ3n) is 18.8. The Morgan fingerprint density at radius 3 is 0.864 bits per heavy atom. The van der Waals surface area contributed by atoms with E-state index in [9.17, 15) is 106 Å². The van der Waals surface area contributed by atoms with Gasteiger partial charge < -0.3 is 121 Å². The summed E-state index contributed by atoms with van der Waals surface area (Å²) < 4.78 is 115. The summed E-state index contributed by atoms with van der Waals surface area (Å²) in [7, 11) is -10.1. The third-order valence-corrected chi connectivity index (χ3v) is 19.6. The number of amides is 6. The van der Waals surface area contributed by atoms with Crippen LogP contribution in [0.5, 0.6) is 0 Å². The highest BCUT2D eigenvalue weighted by atomic mass is 32.3. The summed E-state index contributed by atoms with van der Waals surface area (Å²) in [6, 6.07) is -3.21. The van der Waals surface area contributed by atoms with Crippen molar-refractivity contribution < 1.29 is 162 Å². The fourth-order valence-electron chi connectivity index (χ4n) is 12.8.